The minimum atomic E-state index is -0.645. The molecular formula is C7H10FNO2. The Kier molecular flexibility index (Phi) is 2.62. The number of hydrogen-bond acceptors (Lipinski definition) is 3. The second-order valence-corrected chi connectivity index (χ2v) is 2.26. The molecule has 3 N–H and O–H groups in total. The molecule has 4 heteroatoms. The van der Waals surface area contributed by atoms with Gasteiger partial charge in [-0.25, -0.2) is 0 Å². The molecule has 0 aliphatic rings. The molecule has 1 aromatic rings. The minimum Gasteiger partial charge on any atom is -0.435 e. The fourth-order valence-corrected chi connectivity index (χ4v) is 0.809. The fourth-order valence-electron chi connectivity index (χ4n) is 0.809. The van der Waals surface area contributed by atoms with Crippen LogP contribution in [0.25, 0.3) is 0 Å². The normalized spacial score (nSPS) is 13.4. The van der Waals surface area contributed by atoms with Gasteiger partial charge < -0.3 is 15.3 Å². The Balaban J connectivity index is 2.60. The van der Waals surface area contributed by atoms with Crippen molar-refractivity contribution in [3.05, 3.63) is 23.9 Å². The molecule has 0 spiro atoms. The quantitative estimate of drug-likeness (QED) is 0.685. The summed E-state index contributed by atoms with van der Waals surface area (Å²) in [5, 5.41) is 8.49. The first-order valence-corrected chi connectivity index (χ1v) is 3.35. The van der Waals surface area contributed by atoms with Crippen LogP contribution < -0.4 is 5.73 Å². The molecule has 11 heavy (non-hydrogen) atoms. The van der Waals surface area contributed by atoms with Crippen molar-refractivity contribution >= 4 is 0 Å². The zero-order valence-corrected chi connectivity index (χ0v) is 5.96. The maximum absolute atomic E-state index is 12.2. The maximum atomic E-state index is 12.2. The van der Waals surface area contributed by atoms with E-state index in [4.69, 9.17) is 10.8 Å². The van der Waals surface area contributed by atoms with Crippen molar-refractivity contribution < 1.29 is 13.9 Å². The molecule has 0 radical (unpaired) electrons. The molecule has 0 amide bonds. The standard InChI is InChI=1S/C7H10FNO2/c8-7-2-1-6(11-7)5(9)3-4-10/h1-2,5,10H,3-4,9H2/t5-/m1/s1. The number of hydrogen-bond donors (Lipinski definition) is 2. The molecule has 0 aliphatic heterocycles. The molecule has 0 saturated carbocycles. The maximum Gasteiger partial charge on any atom is 0.277 e. The Bertz CT molecular complexity index is 224. The Morgan fingerprint density at radius 3 is 2.82 bits per heavy atom. The van der Waals surface area contributed by atoms with Crippen LogP contribution in [0, 0.1) is 6.01 Å². The molecule has 0 aromatic carbocycles. The van der Waals surface area contributed by atoms with Gasteiger partial charge in [0, 0.05) is 12.7 Å². The van der Waals surface area contributed by atoms with Crippen molar-refractivity contribution in [1.82, 2.24) is 0 Å². The number of furan rings is 1. The Morgan fingerprint density at radius 2 is 2.36 bits per heavy atom. The topological polar surface area (TPSA) is 59.4 Å². The molecule has 62 valence electrons. The molecule has 1 aromatic heterocycles. The highest BCUT2D eigenvalue weighted by molar-refractivity contribution is 5.04. The summed E-state index contributed by atoms with van der Waals surface area (Å²) < 4.78 is 16.8. The van der Waals surface area contributed by atoms with E-state index >= 15 is 0 Å². The van der Waals surface area contributed by atoms with Gasteiger partial charge in [0.05, 0.1) is 6.04 Å². The van der Waals surface area contributed by atoms with Crippen molar-refractivity contribution in [2.24, 2.45) is 5.73 Å². The molecule has 0 saturated heterocycles. The van der Waals surface area contributed by atoms with Crippen LogP contribution in [0.5, 0.6) is 0 Å². The zero-order valence-electron chi connectivity index (χ0n) is 5.96. The van der Waals surface area contributed by atoms with E-state index in [0.29, 0.717) is 12.2 Å². The van der Waals surface area contributed by atoms with Crippen molar-refractivity contribution in [2.45, 2.75) is 12.5 Å². The van der Waals surface area contributed by atoms with E-state index in [1.165, 1.54) is 12.1 Å². The summed E-state index contributed by atoms with van der Waals surface area (Å²) in [7, 11) is 0. The lowest BCUT2D eigenvalue weighted by Gasteiger charge is -2.04. The summed E-state index contributed by atoms with van der Waals surface area (Å²) in [6, 6.07) is 1.61. The number of rotatable bonds is 3. The molecule has 0 unspecified atom stereocenters. The average Bonchev–Trinajstić information content (AvgIpc) is 2.36. The van der Waals surface area contributed by atoms with Gasteiger partial charge >= 0.3 is 0 Å². The third-order valence-corrected chi connectivity index (χ3v) is 1.40. The summed E-state index contributed by atoms with van der Waals surface area (Å²) in [6.07, 6.45) is 0.382. The minimum absolute atomic E-state index is 0.0243. The lowest BCUT2D eigenvalue weighted by atomic mass is 10.2. The highest BCUT2D eigenvalue weighted by Gasteiger charge is 2.09. The van der Waals surface area contributed by atoms with Crippen molar-refractivity contribution in [1.29, 1.82) is 0 Å². The summed E-state index contributed by atoms with van der Waals surface area (Å²) >= 11 is 0. The van der Waals surface area contributed by atoms with Crippen LogP contribution in [0.4, 0.5) is 4.39 Å². The highest BCUT2D eigenvalue weighted by Crippen LogP contribution is 2.15. The molecule has 1 heterocycles. The molecule has 0 aliphatic carbocycles. The van der Waals surface area contributed by atoms with Gasteiger partial charge in [0.15, 0.2) is 0 Å². The summed E-state index contributed by atoms with van der Waals surface area (Å²) in [4.78, 5) is 0. The van der Waals surface area contributed by atoms with E-state index in [1.54, 1.807) is 0 Å². The van der Waals surface area contributed by atoms with Gasteiger partial charge in [-0.05, 0) is 12.5 Å². The highest BCUT2D eigenvalue weighted by atomic mass is 19.1. The predicted octanol–water partition coefficient (Wildman–Crippen LogP) is 0.801. The number of nitrogens with two attached hydrogens (primary N) is 1. The zero-order chi connectivity index (χ0) is 8.27. The number of aliphatic hydroxyl groups is 1. The van der Waals surface area contributed by atoms with E-state index in [9.17, 15) is 4.39 Å². The van der Waals surface area contributed by atoms with Crippen LogP contribution in [-0.4, -0.2) is 11.7 Å². The van der Waals surface area contributed by atoms with E-state index in [2.05, 4.69) is 4.42 Å². The fraction of sp³-hybridized carbons (Fsp3) is 0.429. The van der Waals surface area contributed by atoms with Gasteiger partial charge in [0.1, 0.15) is 5.76 Å². The van der Waals surface area contributed by atoms with Crippen LogP contribution in [-0.2, 0) is 0 Å². The summed E-state index contributed by atoms with van der Waals surface area (Å²) in [6.45, 7) is -0.0243. The third kappa shape index (κ3) is 2.03. The molecule has 1 atom stereocenters. The summed E-state index contributed by atoms with van der Waals surface area (Å²) in [5.41, 5.74) is 5.50. The van der Waals surface area contributed by atoms with E-state index in [-0.39, 0.29) is 6.61 Å². The summed E-state index contributed by atoms with van der Waals surface area (Å²) in [5.74, 6) is 0.372. The molecule has 0 bridgehead atoms. The first-order chi connectivity index (χ1) is 5.24. The monoisotopic (exact) mass is 159 g/mol. The molecule has 1 rings (SSSR count). The number of aliphatic hydroxyl groups excluding tert-OH is 1. The van der Waals surface area contributed by atoms with Crippen LogP contribution in [0.1, 0.15) is 18.2 Å². The second-order valence-electron chi connectivity index (χ2n) is 2.26. The smallest absolute Gasteiger partial charge is 0.277 e. The molecule has 3 nitrogen and oxygen atoms in total. The Hall–Kier alpha value is -0.870. The number of halogens is 1. The van der Waals surface area contributed by atoms with Crippen molar-refractivity contribution in [3.8, 4) is 0 Å². The lowest BCUT2D eigenvalue weighted by Crippen LogP contribution is -2.10. The van der Waals surface area contributed by atoms with Gasteiger partial charge in [-0.3, -0.25) is 0 Å². The first kappa shape index (κ1) is 8.23. The van der Waals surface area contributed by atoms with Crippen LogP contribution in [0.15, 0.2) is 16.5 Å². The van der Waals surface area contributed by atoms with Gasteiger partial charge in [-0.2, -0.15) is 4.39 Å². The van der Waals surface area contributed by atoms with E-state index in [0.717, 1.165) is 0 Å². The SMILES string of the molecule is N[C@H](CCO)c1ccc(F)o1. The van der Waals surface area contributed by atoms with Crippen LogP contribution in [0.2, 0.25) is 0 Å². The van der Waals surface area contributed by atoms with E-state index < -0.39 is 12.1 Å². The predicted molar refractivity (Wildman–Crippen MR) is 37.3 cm³/mol. The van der Waals surface area contributed by atoms with Crippen molar-refractivity contribution in [2.75, 3.05) is 6.61 Å². The Labute approximate surface area is 63.6 Å². The van der Waals surface area contributed by atoms with Crippen molar-refractivity contribution in [3.63, 3.8) is 0 Å². The Morgan fingerprint density at radius 1 is 1.64 bits per heavy atom. The largest absolute Gasteiger partial charge is 0.435 e. The molecule has 0 fully saturated rings. The van der Waals surface area contributed by atoms with E-state index in [1.807, 2.05) is 0 Å². The van der Waals surface area contributed by atoms with Gasteiger partial charge in [0.2, 0.25) is 0 Å². The second kappa shape index (κ2) is 3.50. The lowest BCUT2D eigenvalue weighted by molar-refractivity contribution is 0.259. The van der Waals surface area contributed by atoms with Crippen LogP contribution >= 0.6 is 0 Å². The van der Waals surface area contributed by atoms with Gasteiger partial charge in [-0.1, -0.05) is 0 Å². The van der Waals surface area contributed by atoms with Gasteiger partial charge in [0.25, 0.3) is 6.01 Å². The first-order valence-electron chi connectivity index (χ1n) is 3.35. The average molecular weight is 159 g/mol. The third-order valence-electron chi connectivity index (χ3n) is 1.40. The molecular weight excluding hydrogens is 149 g/mol. The van der Waals surface area contributed by atoms with Crippen LogP contribution in [0.3, 0.4) is 0 Å². The van der Waals surface area contributed by atoms with Gasteiger partial charge in [-0.15, -0.1) is 0 Å².